The molecule has 0 aromatic heterocycles. The molecule has 18 heavy (non-hydrogen) atoms. The highest BCUT2D eigenvalue weighted by atomic mass is 16.5. The maximum atomic E-state index is 12.0. The average molecular weight is 248 g/mol. The quantitative estimate of drug-likeness (QED) is 0.866. The third-order valence-corrected chi connectivity index (χ3v) is 2.91. The third kappa shape index (κ3) is 2.30. The van der Waals surface area contributed by atoms with Crippen LogP contribution in [0.3, 0.4) is 0 Å². The number of nitrogens with zero attached hydrogens (tertiary/aromatic N) is 1. The SMILES string of the molecule is Cc1ccc2c(c1)OC(C)C(=O)N2CCC(N)=O. The summed E-state index contributed by atoms with van der Waals surface area (Å²) in [4.78, 5) is 24.4. The summed E-state index contributed by atoms with van der Waals surface area (Å²) in [6, 6.07) is 5.62. The van der Waals surface area contributed by atoms with Crippen LogP contribution < -0.4 is 15.4 Å². The molecular formula is C13H16N2O3. The number of hydrogen-bond acceptors (Lipinski definition) is 3. The van der Waals surface area contributed by atoms with E-state index in [1.807, 2.05) is 25.1 Å². The smallest absolute Gasteiger partial charge is 0.267 e. The van der Waals surface area contributed by atoms with E-state index in [0.29, 0.717) is 11.4 Å². The van der Waals surface area contributed by atoms with Gasteiger partial charge >= 0.3 is 0 Å². The Balaban J connectivity index is 2.33. The first-order valence-corrected chi connectivity index (χ1v) is 5.86. The molecule has 2 rings (SSSR count). The number of rotatable bonds is 3. The van der Waals surface area contributed by atoms with Crippen molar-refractivity contribution in [2.75, 3.05) is 11.4 Å². The van der Waals surface area contributed by atoms with E-state index in [1.165, 1.54) is 0 Å². The zero-order valence-corrected chi connectivity index (χ0v) is 10.5. The molecule has 0 spiro atoms. The molecule has 5 nitrogen and oxygen atoms in total. The Bertz CT molecular complexity index is 499. The lowest BCUT2D eigenvalue weighted by molar-refractivity contribution is -0.125. The summed E-state index contributed by atoms with van der Waals surface area (Å²) in [6.45, 7) is 3.95. The average Bonchev–Trinajstić information content (AvgIpc) is 2.29. The minimum Gasteiger partial charge on any atom is -0.479 e. The molecule has 0 radical (unpaired) electrons. The van der Waals surface area contributed by atoms with Gasteiger partial charge in [-0.05, 0) is 31.5 Å². The van der Waals surface area contributed by atoms with Crippen molar-refractivity contribution in [2.24, 2.45) is 5.73 Å². The van der Waals surface area contributed by atoms with Crippen molar-refractivity contribution in [1.29, 1.82) is 0 Å². The van der Waals surface area contributed by atoms with E-state index in [2.05, 4.69) is 0 Å². The van der Waals surface area contributed by atoms with Gasteiger partial charge in [0.25, 0.3) is 5.91 Å². The lowest BCUT2D eigenvalue weighted by atomic mass is 10.1. The predicted molar refractivity (Wildman–Crippen MR) is 67.4 cm³/mol. The van der Waals surface area contributed by atoms with Crippen molar-refractivity contribution in [3.63, 3.8) is 0 Å². The number of anilines is 1. The Kier molecular flexibility index (Phi) is 3.23. The lowest BCUT2D eigenvalue weighted by Gasteiger charge is -2.33. The number of aryl methyl sites for hydroxylation is 1. The number of benzene rings is 1. The Morgan fingerprint density at radius 2 is 2.22 bits per heavy atom. The standard InChI is InChI=1S/C13H16N2O3/c1-8-3-4-10-11(7-8)18-9(2)13(17)15(10)6-5-12(14)16/h3-4,7,9H,5-6H2,1-2H3,(H2,14,16). The van der Waals surface area contributed by atoms with Gasteiger partial charge in [-0.1, -0.05) is 6.07 Å². The molecule has 96 valence electrons. The number of fused-ring (bicyclic) bond motifs is 1. The van der Waals surface area contributed by atoms with Gasteiger partial charge in [0.2, 0.25) is 5.91 Å². The van der Waals surface area contributed by atoms with Crippen molar-refractivity contribution in [3.8, 4) is 5.75 Å². The van der Waals surface area contributed by atoms with Crippen LogP contribution in [0.2, 0.25) is 0 Å². The molecule has 1 atom stereocenters. The molecule has 2 N–H and O–H groups in total. The highest BCUT2D eigenvalue weighted by molar-refractivity contribution is 6.00. The Morgan fingerprint density at radius 1 is 1.50 bits per heavy atom. The Hall–Kier alpha value is -2.04. The van der Waals surface area contributed by atoms with Crippen molar-refractivity contribution < 1.29 is 14.3 Å². The van der Waals surface area contributed by atoms with E-state index in [0.717, 1.165) is 5.56 Å². The zero-order chi connectivity index (χ0) is 13.3. The summed E-state index contributed by atoms with van der Waals surface area (Å²) >= 11 is 0. The monoisotopic (exact) mass is 248 g/mol. The van der Waals surface area contributed by atoms with Gasteiger partial charge in [0.15, 0.2) is 6.10 Å². The first kappa shape index (κ1) is 12.4. The van der Waals surface area contributed by atoms with Gasteiger partial charge < -0.3 is 15.4 Å². The molecule has 5 heteroatoms. The molecule has 1 aliphatic heterocycles. The highest BCUT2D eigenvalue weighted by Gasteiger charge is 2.31. The van der Waals surface area contributed by atoms with Crippen molar-refractivity contribution >= 4 is 17.5 Å². The first-order chi connectivity index (χ1) is 8.49. The first-order valence-electron chi connectivity index (χ1n) is 5.86. The molecule has 1 aromatic carbocycles. The normalized spacial score (nSPS) is 18.2. The van der Waals surface area contributed by atoms with Crippen molar-refractivity contribution in [2.45, 2.75) is 26.4 Å². The zero-order valence-electron chi connectivity index (χ0n) is 10.5. The topological polar surface area (TPSA) is 72.6 Å². The van der Waals surface area contributed by atoms with Gasteiger partial charge in [-0.2, -0.15) is 0 Å². The van der Waals surface area contributed by atoms with Crippen LogP contribution in [0.15, 0.2) is 18.2 Å². The van der Waals surface area contributed by atoms with Gasteiger partial charge in [-0.3, -0.25) is 9.59 Å². The summed E-state index contributed by atoms with van der Waals surface area (Å²) in [6.07, 6.45) is -0.390. The number of nitrogens with two attached hydrogens (primary N) is 1. The van der Waals surface area contributed by atoms with Gasteiger partial charge in [-0.15, -0.1) is 0 Å². The number of carbonyl (C=O) groups is 2. The molecule has 0 fully saturated rings. The second-order valence-electron chi connectivity index (χ2n) is 4.44. The largest absolute Gasteiger partial charge is 0.479 e. The van der Waals surface area contributed by atoms with E-state index in [1.54, 1.807) is 11.8 Å². The molecular weight excluding hydrogens is 232 g/mol. The molecule has 2 amide bonds. The fraction of sp³-hybridized carbons (Fsp3) is 0.385. The van der Waals surface area contributed by atoms with Crippen molar-refractivity contribution in [3.05, 3.63) is 23.8 Å². The van der Waals surface area contributed by atoms with Gasteiger partial charge in [0, 0.05) is 13.0 Å². The van der Waals surface area contributed by atoms with Crippen LogP contribution in [0.25, 0.3) is 0 Å². The number of amides is 2. The van der Waals surface area contributed by atoms with Crippen LogP contribution in [0.1, 0.15) is 18.9 Å². The molecule has 0 saturated heterocycles. The number of ether oxygens (including phenoxy) is 1. The second kappa shape index (κ2) is 4.68. The molecule has 0 saturated carbocycles. The summed E-state index contributed by atoms with van der Waals surface area (Å²) in [7, 11) is 0. The Labute approximate surface area is 106 Å². The van der Waals surface area contributed by atoms with Crippen LogP contribution in [0, 0.1) is 6.92 Å². The van der Waals surface area contributed by atoms with Crippen LogP contribution >= 0.6 is 0 Å². The van der Waals surface area contributed by atoms with E-state index >= 15 is 0 Å². The molecule has 0 bridgehead atoms. The van der Waals surface area contributed by atoms with Crippen LogP contribution in [0.4, 0.5) is 5.69 Å². The summed E-state index contributed by atoms with van der Waals surface area (Å²) in [5.74, 6) is 0.106. The maximum Gasteiger partial charge on any atom is 0.267 e. The van der Waals surface area contributed by atoms with Crippen LogP contribution in [-0.4, -0.2) is 24.5 Å². The van der Waals surface area contributed by atoms with Gasteiger partial charge in [-0.25, -0.2) is 0 Å². The molecule has 1 aromatic rings. The lowest BCUT2D eigenvalue weighted by Crippen LogP contribution is -2.45. The fourth-order valence-corrected chi connectivity index (χ4v) is 1.97. The molecule has 1 aliphatic rings. The predicted octanol–water partition coefficient (Wildman–Crippen LogP) is 0.984. The minimum atomic E-state index is -0.535. The Morgan fingerprint density at radius 3 is 2.89 bits per heavy atom. The van der Waals surface area contributed by atoms with Crippen LogP contribution in [-0.2, 0) is 9.59 Å². The van der Waals surface area contributed by atoms with E-state index in [-0.39, 0.29) is 18.9 Å². The van der Waals surface area contributed by atoms with Crippen LogP contribution in [0.5, 0.6) is 5.75 Å². The van der Waals surface area contributed by atoms with E-state index in [4.69, 9.17) is 10.5 Å². The summed E-state index contributed by atoms with van der Waals surface area (Å²) in [5, 5.41) is 0. The summed E-state index contributed by atoms with van der Waals surface area (Å²) in [5.41, 5.74) is 6.89. The number of hydrogen-bond donors (Lipinski definition) is 1. The van der Waals surface area contributed by atoms with Crippen molar-refractivity contribution in [1.82, 2.24) is 0 Å². The highest BCUT2D eigenvalue weighted by Crippen LogP contribution is 2.34. The third-order valence-electron chi connectivity index (χ3n) is 2.91. The fourth-order valence-electron chi connectivity index (χ4n) is 1.97. The number of carbonyl (C=O) groups excluding carboxylic acids is 2. The van der Waals surface area contributed by atoms with Gasteiger partial charge in [0.05, 0.1) is 5.69 Å². The summed E-state index contributed by atoms with van der Waals surface area (Å²) < 4.78 is 5.55. The number of primary amides is 1. The molecule has 1 heterocycles. The van der Waals surface area contributed by atoms with Gasteiger partial charge in [0.1, 0.15) is 5.75 Å². The molecule has 1 unspecified atom stereocenters. The van der Waals surface area contributed by atoms with E-state index < -0.39 is 12.0 Å². The maximum absolute atomic E-state index is 12.0. The minimum absolute atomic E-state index is 0.145. The van der Waals surface area contributed by atoms with E-state index in [9.17, 15) is 9.59 Å². The molecule has 0 aliphatic carbocycles. The second-order valence-corrected chi connectivity index (χ2v) is 4.44.